The smallest absolute Gasteiger partial charge is 0.149 e. The summed E-state index contributed by atoms with van der Waals surface area (Å²) in [5, 5.41) is 11.0. The molecule has 0 amide bonds. The molecule has 0 bridgehead atoms. The number of nitrogens with two attached hydrogens (primary N) is 1. The molecule has 78 valence electrons. The van der Waals surface area contributed by atoms with Crippen LogP contribution in [-0.2, 0) is 6.42 Å². The molecular formula is C10H12N4S. The van der Waals surface area contributed by atoms with Gasteiger partial charge in [0, 0.05) is 18.0 Å². The van der Waals surface area contributed by atoms with Crippen LogP contribution in [0, 0.1) is 13.8 Å². The third-order valence-corrected chi connectivity index (χ3v) is 3.24. The third-order valence-electron chi connectivity index (χ3n) is 2.46. The summed E-state index contributed by atoms with van der Waals surface area (Å²) in [5.41, 5.74) is 8.75. The molecule has 0 saturated heterocycles. The Morgan fingerprint density at radius 3 is 2.73 bits per heavy atom. The summed E-state index contributed by atoms with van der Waals surface area (Å²) in [6, 6.07) is 0. The second kappa shape index (κ2) is 3.94. The summed E-state index contributed by atoms with van der Waals surface area (Å²) in [7, 11) is 0. The molecule has 0 atom stereocenters. The van der Waals surface area contributed by atoms with Crippen molar-refractivity contribution in [3.8, 4) is 0 Å². The summed E-state index contributed by atoms with van der Waals surface area (Å²) in [6.45, 7) is 3.98. The summed E-state index contributed by atoms with van der Waals surface area (Å²) in [6.07, 6.45) is 2.53. The maximum Gasteiger partial charge on any atom is 0.149 e. The molecule has 0 radical (unpaired) electrons. The second-order valence-electron chi connectivity index (χ2n) is 3.38. The molecule has 0 aliphatic carbocycles. The van der Waals surface area contributed by atoms with Gasteiger partial charge in [0.25, 0.3) is 0 Å². The number of aromatic nitrogens is 3. The van der Waals surface area contributed by atoms with Crippen molar-refractivity contribution in [1.82, 2.24) is 15.2 Å². The van der Waals surface area contributed by atoms with Gasteiger partial charge in [-0.15, -0.1) is 16.4 Å². The quantitative estimate of drug-likeness (QED) is 0.837. The Balaban J connectivity index is 2.34. The molecule has 2 aromatic rings. The average molecular weight is 220 g/mol. The molecular weight excluding hydrogens is 208 g/mol. The van der Waals surface area contributed by atoms with Crippen molar-refractivity contribution in [2.45, 2.75) is 20.3 Å². The molecule has 0 aliphatic rings. The van der Waals surface area contributed by atoms with E-state index >= 15 is 0 Å². The van der Waals surface area contributed by atoms with Gasteiger partial charge in [-0.05, 0) is 25.0 Å². The zero-order valence-electron chi connectivity index (χ0n) is 8.69. The molecule has 0 unspecified atom stereocenters. The van der Waals surface area contributed by atoms with Crippen molar-refractivity contribution < 1.29 is 0 Å². The highest BCUT2D eigenvalue weighted by molar-refractivity contribution is 7.09. The lowest BCUT2D eigenvalue weighted by molar-refractivity contribution is 0.908. The van der Waals surface area contributed by atoms with E-state index in [4.69, 9.17) is 5.73 Å². The lowest BCUT2D eigenvalue weighted by atomic mass is 10.1. The summed E-state index contributed by atoms with van der Waals surface area (Å²) in [5.74, 6) is 0.510. The van der Waals surface area contributed by atoms with Gasteiger partial charge in [0.1, 0.15) is 5.82 Å². The minimum Gasteiger partial charge on any atom is -0.382 e. The topological polar surface area (TPSA) is 64.7 Å². The summed E-state index contributed by atoms with van der Waals surface area (Å²) in [4.78, 5) is 4.22. The van der Waals surface area contributed by atoms with Crippen LogP contribution in [0.5, 0.6) is 0 Å². The van der Waals surface area contributed by atoms with Gasteiger partial charge in [0.05, 0.1) is 10.7 Å². The molecule has 0 spiro atoms. The zero-order valence-corrected chi connectivity index (χ0v) is 9.51. The average Bonchev–Trinajstić information content (AvgIpc) is 2.72. The van der Waals surface area contributed by atoms with E-state index in [0.717, 1.165) is 28.2 Å². The highest BCUT2D eigenvalue weighted by atomic mass is 32.1. The predicted molar refractivity (Wildman–Crippen MR) is 60.8 cm³/mol. The maximum absolute atomic E-state index is 5.68. The molecule has 15 heavy (non-hydrogen) atoms. The monoisotopic (exact) mass is 220 g/mol. The van der Waals surface area contributed by atoms with Crippen LogP contribution in [0.15, 0.2) is 11.6 Å². The van der Waals surface area contributed by atoms with Crippen LogP contribution in [0.2, 0.25) is 0 Å². The Labute approximate surface area is 92.2 Å². The lowest BCUT2D eigenvalue weighted by Crippen LogP contribution is -2.05. The van der Waals surface area contributed by atoms with Gasteiger partial charge in [-0.25, -0.2) is 4.98 Å². The number of nitrogens with zero attached hydrogens (tertiary/aromatic N) is 3. The van der Waals surface area contributed by atoms with E-state index in [2.05, 4.69) is 15.2 Å². The Morgan fingerprint density at radius 2 is 2.07 bits per heavy atom. The number of hydrogen-bond acceptors (Lipinski definition) is 5. The molecule has 4 nitrogen and oxygen atoms in total. The number of hydrogen-bond donors (Lipinski definition) is 1. The first-order valence-corrected chi connectivity index (χ1v) is 5.53. The van der Waals surface area contributed by atoms with E-state index in [1.165, 1.54) is 0 Å². The zero-order chi connectivity index (χ0) is 10.8. The van der Waals surface area contributed by atoms with Crippen molar-refractivity contribution in [3.63, 3.8) is 0 Å². The first kappa shape index (κ1) is 10.0. The fraction of sp³-hybridized carbons (Fsp3) is 0.300. The van der Waals surface area contributed by atoms with Gasteiger partial charge in [-0.2, -0.15) is 5.10 Å². The van der Waals surface area contributed by atoms with Crippen molar-refractivity contribution in [2.24, 2.45) is 0 Å². The van der Waals surface area contributed by atoms with Gasteiger partial charge in [0.15, 0.2) is 0 Å². The number of anilines is 1. The van der Waals surface area contributed by atoms with Crippen LogP contribution in [0.1, 0.15) is 21.8 Å². The van der Waals surface area contributed by atoms with E-state index < -0.39 is 0 Å². The van der Waals surface area contributed by atoms with E-state index in [0.29, 0.717) is 5.82 Å². The Morgan fingerprint density at radius 1 is 1.27 bits per heavy atom. The minimum absolute atomic E-state index is 0.510. The Kier molecular flexibility index (Phi) is 2.64. The van der Waals surface area contributed by atoms with Crippen molar-refractivity contribution >= 4 is 17.2 Å². The second-order valence-corrected chi connectivity index (χ2v) is 4.36. The predicted octanol–water partition coefficient (Wildman–Crippen LogP) is 1.72. The first-order valence-electron chi connectivity index (χ1n) is 4.65. The fourth-order valence-electron chi connectivity index (χ4n) is 1.32. The van der Waals surface area contributed by atoms with Gasteiger partial charge in [-0.3, -0.25) is 0 Å². The largest absolute Gasteiger partial charge is 0.382 e. The first-order chi connectivity index (χ1) is 7.18. The normalized spacial score (nSPS) is 10.5. The molecule has 2 aromatic heterocycles. The number of rotatable bonds is 2. The third kappa shape index (κ3) is 1.97. The maximum atomic E-state index is 5.68. The van der Waals surface area contributed by atoms with Crippen LogP contribution in [-0.4, -0.2) is 15.2 Å². The molecule has 2 N–H and O–H groups in total. The molecule has 5 heteroatoms. The minimum atomic E-state index is 0.510. The van der Waals surface area contributed by atoms with Gasteiger partial charge in [-0.1, -0.05) is 0 Å². The highest BCUT2D eigenvalue weighted by Gasteiger charge is 2.09. The molecule has 0 saturated carbocycles. The standard InChI is InChI=1S/C10H12N4S/c1-6-7(2)10(11)14-13-8(6)5-9-12-3-4-15-9/h3-4H,5H2,1-2H3,(H2,11,14). The summed E-state index contributed by atoms with van der Waals surface area (Å²) < 4.78 is 0. The van der Waals surface area contributed by atoms with Crippen LogP contribution < -0.4 is 5.73 Å². The van der Waals surface area contributed by atoms with Crippen LogP contribution in [0.25, 0.3) is 0 Å². The van der Waals surface area contributed by atoms with E-state index in [1.807, 2.05) is 19.2 Å². The van der Waals surface area contributed by atoms with E-state index in [-0.39, 0.29) is 0 Å². The molecule has 2 rings (SSSR count). The van der Waals surface area contributed by atoms with Crippen LogP contribution >= 0.6 is 11.3 Å². The lowest BCUT2D eigenvalue weighted by Gasteiger charge is -2.06. The van der Waals surface area contributed by atoms with E-state index in [1.54, 1.807) is 17.5 Å². The van der Waals surface area contributed by atoms with Crippen LogP contribution in [0.3, 0.4) is 0 Å². The molecule has 0 aliphatic heterocycles. The number of thiazole rings is 1. The Hall–Kier alpha value is -1.49. The van der Waals surface area contributed by atoms with E-state index in [9.17, 15) is 0 Å². The number of nitrogen functional groups attached to an aromatic ring is 1. The molecule has 2 heterocycles. The fourth-order valence-corrected chi connectivity index (χ4v) is 1.94. The van der Waals surface area contributed by atoms with Crippen molar-refractivity contribution in [3.05, 3.63) is 33.4 Å². The van der Waals surface area contributed by atoms with Crippen molar-refractivity contribution in [1.29, 1.82) is 0 Å². The SMILES string of the molecule is Cc1c(N)nnc(Cc2nccs2)c1C. The van der Waals surface area contributed by atoms with Crippen molar-refractivity contribution in [2.75, 3.05) is 5.73 Å². The van der Waals surface area contributed by atoms with Gasteiger partial charge in [0.2, 0.25) is 0 Å². The molecule has 0 fully saturated rings. The Bertz CT molecular complexity index is 465. The van der Waals surface area contributed by atoms with Gasteiger partial charge >= 0.3 is 0 Å². The summed E-state index contributed by atoms with van der Waals surface area (Å²) >= 11 is 1.63. The van der Waals surface area contributed by atoms with Gasteiger partial charge < -0.3 is 5.73 Å². The van der Waals surface area contributed by atoms with Crippen LogP contribution in [0.4, 0.5) is 5.82 Å². The highest BCUT2D eigenvalue weighted by Crippen LogP contribution is 2.18. The molecule has 0 aromatic carbocycles.